The summed E-state index contributed by atoms with van der Waals surface area (Å²) in [6.45, 7) is 2.32. The van der Waals surface area contributed by atoms with Gasteiger partial charge in [-0.3, -0.25) is 0 Å². The Hall–Kier alpha value is -1.78. The van der Waals surface area contributed by atoms with Crippen molar-refractivity contribution in [2.75, 3.05) is 13.6 Å². The van der Waals surface area contributed by atoms with E-state index in [1.807, 2.05) is 30.3 Å². The highest BCUT2D eigenvalue weighted by molar-refractivity contribution is 6.35. The minimum Gasteiger partial charge on any atom is -0.331 e. The van der Waals surface area contributed by atoms with E-state index in [1.165, 1.54) is 12.1 Å². The van der Waals surface area contributed by atoms with Crippen molar-refractivity contribution in [3.8, 4) is 0 Å². The van der Waals surface area contributed by atoms with E-state index in [0.29, 0.717) is 17.1 Å². The maximum absolute atomic E-state index is 13.6. The first-order valence-electron chi connectivity index (χ1n) is 7.58. The number of carbonyl (C=O) groups excluding carboxylic acids is 1. The van der Waals surface area contributed by atoms with Gasteiger partial charge in [-0.05, 0) is 36.6 Å². The number of amides is 2. The van der Waals surface area contributed by atoms with Gasteiger partial charge in [0, 0.05) is 18.6 Å². The molecule has 6 heteroatoms. The number of nitrogens with one attached hydrogen (secondary N) is 1. The van der Waals surface area contributed by atoms with Gasteiger partial charge in [-0.25, -0.2) is 9.18 Å². The van der Waals surface area contributed by atoms with Crippen molar-refractivity contribution in [3.63, 3.8) is 0 Å². The van der Waals surface area contributed by atoms with Gasteiger partial charge in [0.15, 0.2) is 0 Å². The molecular weight excluding hydrogens is 350 g/mol. The average molecular weight is 369 g/mol. The van der Waals surface area contributed by atoms with Crippen molar-refractivity contribution in [1.82, 2.24) is 10.2 Å². The lowest BCUT2D eigenvalue weighted by Crippen LogP contribution is -2.39. The van der Waals surface area contributed by atoms with E-state index in [4.69, 9.17) is 23.2 Å². The summed E-state index contributed by atoms with van der Waals surface area (Å²) in [5, 5.41) is 3.09. The molecule has 128 valence electrons. The summed E-state index contributed by atoms with van der Waals surface area (Å²) >= 11 is 11.8. The van der Waals surface area contributed by atoms with Gasteiger partial charge in [0.1, 0.15) is 5.82 Å². The number of likely N-dealkylation sites (N-methyl/N-ethyl adjacent to an activating group) is 1. The molecule has 1 atom stereocenters. The molecule has 0 spiro atoms. The summed E-state index contributed by atoms with van der Waals surface area (Å²) in [6.07, 6.45) is 0.759. The van der Waals surface area contributed by atoms with Crippen LogP contribution in [0.25, 0.3) is 0 Å². The van der Waals surface area contributed by atoms with E-state index >= 15 is 0 Å². The lowest BCUT2D eigenvalue weighted by Gasteiger charge is -2.22. The molecule has 0 aliphatic heterocycles. The number of hydrogen-bond acceptors (Lipinski definition) is 1. The summed E-state index contributed by atoms with van der Waals surface area (Å²) in [5.41, 5.74) is 1.65. The van der Waals surface area contributed by atoms with Crippen LogP contribution in [0.4, 0.5) is 9.18 Å². The topological polar surface area (TPSA) is 32.3 Å². The predicted octanol–water partition coefficient (Wildman–Crippen LogP) is 5.08. The fraction of sp³-hybridized carbons (Fsp3) is 0.278. The third kappa shape index (κ3) is 4.86. The van der Waals surface area contributed by atoms with Crippen LogP contribution in [0.5, 0.6) is 0 Å². The molecule has 0 aliphatic rings. The first-order chi connectivity index (χ1) is 11.4. The Morgan fingerprint density at radius 1 is 1.21 bits per heavy atom. The molecule has 0 aromatic heterocycles. The quantitative estimate of drug-likeness (QED) is 0.733. The number of halogens is 3. The molecule has 24 heavy (non-hydrogen) atoms. The van der Waals surface area contributed by atoms with Gasteiger partial charge in [-0.1, -0.05) is 53.5 Å². The molecule has 0 saturated heterocycles. The second-order valence-corrected chi connectivity index (χ2v) is 6.43. The number of rotatable bonds is 5. The third-order valence-electron chi connectivity index (χ3n) is 3.77. The van der Waals surface area contributed by atoms with Gasteiger partial charge >= 0.3 is 6.03 Å². The Bertz CT molecular complexity index is 710. The number of urea groups is 1. The van der Waals surface area contributed by atoms with Crippen LogP contribution in [0.3, 0.4) is 0 Å². The minimum absolute atomic E-state index is 0.0396. The van der Waals surface area contributed by atoms with Gasteiger partial charge in [-0.15, -0.1) is 0 Å². The molecule has 0 aliphatic carbocycles. The molecule has 3 nitrogen and oxygen atoms in total. The number of nitrogens with zero attached hydrogens (tertiary/aromatic N) is 1. The summed E-state index contributed by atoms with van der Waals surface area (Å²) in [6, 6.07) is 11.8. The molecule has 2 aromatic carbocycles. The molecule has 1 unspecified atom stereocenters. The van der Waals surface area contributed by atoms with Crippen LogP contribution in [-0.2, 0) is 6.42 Å². The minimum atomic E-state index is -0.561. The Labute approximate surface area is 151 Å². The Balaban J connectivity index is 1.94. The fourth-order valence-corrected chi connectivity index (χ4v) is 2.83. The molecule has 0 radical (unpaired) electrons. The number of hydrogen-bond donors (Lipinski definition) is 1. The summed E-state index contributed by atoms with van der Waals surface area (Å²) in [5.74, 6) is -0.561. The molecule has 2 aromatic rings. The van der Waals surface area contributed by atoms with Crippen LogP contribution in [0.1, 0.15) is 24.1 Å². The zero-order chi connectivity index (χ0) is 17.7. The lowest BCUT2D eigenvalue weighted by atomic mass is 10.1. The van der Waals surface area contributed by atoms with Crippen LogP contribution in [0.2, 0.25) is 10.0 Å². The van der Waals surface area contributed by atoms with Gasteiger partial charge in [0.25, 0.3) is 0 Å². The molecule has 1 N–H and O–H groups in total. The fourth-order valence-electron chi connectivity index (χ4n) is 2.29. The maximum Gasteiger partial charge on any atom is 0.317 e. The normalized spacial score (nSPS) is 11.9. The van der Waals surface area contributed by atoms with Crippen molar-refractivity contribution < 1.29 is 9.18 Å². The monoisotopic (exact) mass is 368 g/mol. The Kier molecular flexibility index (Phi) is 6.46. The second kappa shape index (κ2) is 8.36. The summed E-state index contributed by atoms with van der Waals surface area (Å²) in [7, 11) is 1.72. The second-order valence-electron chi connectivity index (χ2n) is 5.62. The molecule has 0 fully saturated rings. The number of benzene rings is 2. The largest absolute Gasteiger partial charge is 0.331 e. The van der Waals surface area contributed by atoms with E-state index in [9.17, 15) is 9.18 Å². The molecule has 0 bridgehead atoms. The first-order valence-corrected chi connectivity index (χ1v) is 8.34. The highest BCUT2D eigenvalue weighted by atomic mass is 35.5. The predicted molar refractivity (Wildman–Crippen MR) is 96.1 cm³/mol. The molecular formula is C18H19Cl2FN2O. The van der Waals surface area contributed by atoms with Crippen molar-refractivity contribution in [1.29, 1.82) is 0 Å². The Morgan fingerprint density at radius 3 is 2.54 bits per heavy atom. The van der Waals surface area contributed by atoms with Crippen molar-refractivity contribution in [3.05, 3.63) is 69.5 Å². The van der Waals surface area contributed by atoms with E-state index < -0.39 is 11.9 Å². The third-order valence-corrected chi connectivity index (χ3v) is 4.39. The highest BCUT2D eigenvalue weighted by Crippen LogP contribution is 2.28. The van der Waals surface area contributed by atoms with Crippen LogP contribution in [0.15, 0.2) is 42.5 Å². The highest BCUT2D eigenvalue weighted by Gasteiger charge is 2.17. The van der Waals surface area contributed by atoms with Gasteiger partial charge < -0.3 is 10.2 Å². The maximum atomic E-state index is 13.6. The Morgan fingerprint density at radius 2 is 1.88 bits per heavy atom. The smallest absolute Gasteiger partial charge is 0.317 e. The molecule has 2 amide bonds. The SMILES string of the molecule is CC(NC(=O)N(C)CCc1ccccc1)c1cc(F)c(Cl)cc1Cl. The van der Waals surface area contributed by atoms with Crippen LogP contribution in [0, 0.1) is 5.82 Å². The van der Waals surface area contributed by atoms with Gasteiger partial charge in [0.2, 0.25) is 0 Å². The van der Waals surface area contributed by atoms with Crippen molar-refractivity contribution in [2.24, 2.45) is 0 Å². The molecule has 2 rings (SSSR count). The van der Waals surface area contributed by atoms with Gasteiger partial charge in [-0.2, -0.15) is 0 Å². The van der Waals surface area contributed by atoms with Crippen LogP contribution in [-0.4, -0.2) is 24.5 Å². The molecule has 0 heterocycles. The standard InChI is InChI=1S/C18H19Cl2FN2O/c1-12(14-10-17(21)16(20)11-15(14)19)22-18(24)23(2)9-8-13-6-4-3-5-7-13/h3-7,10-12H,8-9H2,1-2H3,(H,22,24). The van der Waals surface area contributed by atoms with Gasteiger partial charge in [0.05, 0.1) is 11.1 Å². The first kappa shape index (κ1) is 18.6. The van der Waals surface area contributed by atoms with E-state index in [-0.39, 0.29) is 11.1 Å². The van der Waals surface area contributed by atoms with Crippen molar-refractivity contribution >= 4 is 29.2 Å². The number of carbonyl (C=O) groups is 1. The zero-order valence-corrected chi connectivity index (χ0v) is 15.0. The van der Waals surface area contributed by atoms with Crippen LogP contribution >= 0.6 is 23.2 Å². The van der Waals surface area contributed by atoms with E-state index in [0.717, 1.165) is 12.0 Å². The van der Waals surface area contributed by atoms with E-state index in [1.54, 1.807) is 18.9 Å². The van der Waals surface area contributed by atoms with E-state index in [2.05, 4.69) is 5.32 Å². The van der Waals surface area contributed by atoms with Crippen LogP contribution < -0.4 is 5.32 Å². The summed E-state index contributed by atoms with van der Waals surface area (Å²) < 4.78 is 13.6. The zero-order valence-electron chi connectivity index (χ0n) is 13.5. The average Bonchev–Trinajstić information content (AvgIpc) is 2.56. The summed E-state index contributed by atoms with van der Waals surface area (Å²) in [4.78, 5) is 13.9. The molecule has 0 saturated carbocycles. The van der Waals surface area contributed by atoms with Crippen molar-refractivity contribution in [2.45, 2.75) is 19.4 Å². The lowest BCUT2D eigenvalue weighted by molar-refractivity contribution is 0.206.